The molecule has 0 amide bonds. The van der Waals surface area contributed by atoms with E-state index in [2.05, 4.69) is 29.5 Å². The number of hydrogen-bond donors (Lipinski definition) is 2. The van der Waals surface area contributed by atoms with Crippen LogP contribution < -0.4 is 0 Å². The minimum Gasteiger partial charge on any atom is -0.465 e. The van der Waals surface area contributed by atoms with E-state index in [1.165, 1.54) is 13.2 Å². The number of pyridine rings is 3. The fourth-order valence-electron chi connectivity index (χ4n) is 3.88. The van der Waals surface area contributed by atoms with Crippen molar-refractivity contribution in [2.75, 3.05) is 26.7 Å². The smallest absolute Gasteiger partial charge is 0.339 e. The van der Waals surface area contributed by atoms with Gasteiger partial charge in [-0.25, -0.2) is 4.79 Å². The Labute approximate surface area is 223 Å². The first-order chi connectivity index (χ1) is 18.6. The van der Waals surface area contributed by atoms with Crippen molar-refractivity contribution in [3.63, 3.8) is 0 Å². The van der Waals surface area contributed by atoms with E-state index in [0.29, 0.717) is 39.3 Å². The van der Waals surface area contributed by atoms with Crippen molar-refractivity contribution < 1.29 is 14.6 Å². The Morgan fingerprint density at radius 2 is 1.39 bits per heavy atom. The van der Waals surface area contributed by atoms with Gasteiger partial charge in [0, 0.05) is 64.1 Å². The number of carbonyl (C=O) groups excluding carboxylic acids is 1. The molecule has 9 nitrogen and oxygen atoms in total. The molecule has 0 aliphatic heterocycles. The highest BCUT2D eigenvalue weighted by atomic mass is 16.5. The lowest BCUT2D eigenvalue weighted by Crippen LogP contribution is -2.40. The second kappa shape index (κ2) is 15.9. The maximum absolute atomic E-state index is 11.7. The van der Waals surface area contributed by atoms with Crippen LogP contribution in [0, 0.1) is 5.41 Å². The predicted molar refractivity (Wildman–Crippen MR) is 146 cm³/mol. The molecule has 0 aliphatic rings. The number of aliphatic hydroxyl groups is 1. The molecule has 1 atom stereocenters. The van der Waals surface area contributed by atoms with Gasteiger partial charge in [0.1, 0.15) is 0 Å². The molecule has 0 bridgehead atoms. The number of esters is 1. The highest BCUT2D eigenvalue weighted by Gasteiger charge is 2.17. The van der Waals surface area contributed by atoms with E-state index in [4.69, 9.17) is 5.41 Å². The number of nitrogens with zero attached hydrogens (tertiary/aromatic N) is 5. The van der Waals surface area contributed by atoms with E-state index in [0.717, 1.165) is 23.3 Å². The Kier molecular flexibility index (Phi) is 12.0. The first kappa shape index (κ1) is 28.5. The van der Waals surface area contributed by atoms with Crippen molar-refractivity contribution in [2.45, 2.75) is 25.7 Å². The zero-order valence-corrected chi connectivity index (χ0v) is 21.6. The van der Waals surface area contributed by atoms with E-state index < -0.39 is 12.1 Å². The van der Waals surface area contributed by atoms with Gasteiger partial charge in [-0.1, -0.05) is 30.4 Å². The van der Waals surface area contributed by atoms with Gasteiger partial charge in [0.05, 0.1) is 35.9 Å². The fraction of sp³-hybridized carbons (Fsp3) is 0.276. The molecular weight excluding hydrogens is 480 g/mol. The van der Waals surface area contributed by atoms with Crippen LogP contribution >= 0.6 is 0 Å². The molecule has 2 N–H and O–H groups in total. The van der Waals surface area contributed by atoms with Crippen LogP contribution in [0.2, 0.25) is 0 Å². The number of carbonyl (C=O) groups is 1. The van der Waals surface area contributed by atoms with Gasteiger partial charge in [-0.05, 0) is 42.5 Å². The van der Waals surface area contributed by atoms with Crippen LogP contribution in [-0.4, -0.2) is 74.9 Å². The monoisotopic (exact) mass is 514 g/mol. The van der Waals surface area contributed by atoms with E-state index in [-0.39, 0.29) is 5.57 Å². The molecule has 0 spiro atoms. The van der Waals surface area contributed by atoms with Gasteiger partial charge in [0.25, 0.3) is 0 Å². The van der Waals surface area contributed by atoms with Gasteiger partial charge in [-0.3, -0.25) is 24.8 Å². The molecule has 3 aromatic rings. The van der Waals surface area contributed by atoms with Crippen molar-refractivity contribution >= 4 is 12.2 Å². The number of methoxy groups -OCH3 is 1. The maximum atomic E-state index is 11.7. The molecular formula is C29H34N6O3. The first-order valence-electron chi connectivity index (χ1n) is 12.4. The van der Waals surface area contributed by atoms with Gasteiger partial charge in [0.15, 0.2) is 0 Å². The molecule has 0 saturated heterocycles. The number of nitrogens with one attached hydrogen (secondary N) is 1. The number of aliphatic hydroxyl groups excluding tert-OH is 1. The predicted octanol–water partition coefficient (Wildman–Crippen LogP) is 3.04. The molecule has 198 valence electrons. The summed E-state index contributed by atoms with van der Waals surface area (Å²) in [7, 11) is 1.28. The molecule has 1 unspecified atom stereocenters. The lowest BCUT2D eigenvalue weighted by Gasteiger charge is -2.28. The summed E-state index contributed by atoms with van der Waals surface area (Å²) in [5, 5.41) is 18.5. The summed E-state index contributed by atoms with van der Waals surface area (Å²) >= 11 is 0. The van der Waals surface area contributed by atoms with Crippen LogP contribution in [0.4, 0.5) is 0 Å². The van der Waals surface area contributed by atoms with Gasteiger partial charge in [0.2, 0.25) is 0 Å². The Morgan fingerprint density at radius 1 is 0.895 bits per heavy atom. The minimum absolute atomic E-state index is 0.153. The number of rotatable bonds is 15. The van der Waals surface area contributed by atoms with E-state index in [1.54, 1.807) is 24.7 Å². The average molecular weight is 515 g/mol. The molecule has 9 heteroatoms. The molecule has 0 aromatic carbocycles. The van der Waals surface area contributed by atoms with E-state index in [9.17, 15) is 9.90 Å². The second-order valence-electron chi connectivity index (χ2n) is 8.67. The van der Waals surface area contributed by atoms with Crippen LogP contribution in [0.1, 0.15) is 17.1 Å². The van der Waals surface area contributed by atoms with Crippen LogP contribution in [0.15, 0.2) is 97.0 Å². The summed E-state index contributed by atoms with van der Waals surface area (Å²) < 4.78 is 4.68. The first-order valence-corrected chi connectivity index (χ1v) is 12.4. The summed E-state index contributed by atoms with van der Waals surface area (Å²) in [5.74, 6) is -0.564. The summed E-state index contributed by atoms with van der Waals surface area (Å²) in [6.07, 6.45) is 10.7. The van der Waals surface area contributed by atoms with Crippen molar-refractivity contribution in [2.24, 2.45) is 0 Å². The molecule has 3 heterocycles. The highest BCUT2D eigenvalue weighted by molar-refractivity contribution is 6.08. The van der Waals surface area contributed by atoms with Gasteiger partial charge in [-0.15, -0.1) is 0 Å². The SMILES string of the molecule is COC(=O)/C(C=N)=C/C=C/CN(Cc1ccccn1)CC(O)CN(Cc1ccccn1)Cc1ccccn1. The summed E-state index contributed by atoms with van der Waals surface area (Å²) in [6.45, 7) is 3.05. The molecule has 0 saturated carbocycles. The molecule has 3 rings (SSSR count). The topological polar surface area (TPSA) is 116 Å². The number of allylic oxidation sites excluding steroid dienone is 2. The lowest BCUT2D eigenvalue weighted by atomic mass is 10.2. The molecule has 38 heavy (non-hydrogen) atoms. The summed E-state index contributed by atoms with van der Waals surface area (Å²) in [6, 6.07) is 17.4. The zero-order chi connectivity index (χ0) is 27.0. The Hall–Kier alpha value is -4.05. The quantitative estimate of drug-likeness (QED) is 0.138. The Morgan fingerprint density at radius 3 is 1.84 bits per heavy atom. The largest absolute Gasteiger partial charge is 0.465 e. The molecule has 0 radical (unpaired) electrons. The van der Waals surface area contributed by atoms with Crippen LogP contribution in [0.25, 0.3) is 0 Å². The molecule has 0 fully saturated rings. The molecule has 3 aromatic heterocycles. The van der Waals surface area contributed by atoms with E-state index >= 15 is 0 Å². The minimum atomic E-state index is -0.651. The van der Waals surface area contributed by atoms with Crippen LogP contribution in [-0.2, 0) is 29.2 Å². The van der Waals surface area contributed by atoms with Crippen molar-refractivity contribution in [1.82, 2.24) is 24.8 Å². The number of hydrogen-bond acceptors (Lipinski definition) is 9. The summed E-state index contributed by atoms with van der Waals surface area (Å²) in [4.78, 5) is 29.2. The average Bonchev–Trinajstić information content (AvgIpc) is 2.94. The van der Waals surface area contributed by atoms with Gasteiger partial charge < -0.3 is 15.3 Å². The highest BCUT2D eigenvalue weighted by Crippen LogP contribution is 2.10. The lowest BCUT2D eigenvalue weighted by molar-refractivity contribution is -0.135. The third-order valence-corrected chi connectivity index (χ3v) is 5.63. The van der Waals surface area contributed by atoms with E-state index in [1.807, 2.05) is 60.7 Å². The number of aromatic nitrogens is 3. The Bertz CT molecular complexity index is 1130. The van der Waals surface area contributed by atoms with Crippen molar-refractivity contribution in [3.05, 3.63) is 114 Å². The third kappa shape index (κ3) is 10.1. The number of ether oxygens (including phenoxy) is 1. The summed E-state index contributed by atoms with van der Waals surface area (Å²) in [5.41, 5.74) is 2.88. The van der Waals surface area contributed by atoms with Crippen molar-refractivity contribution in [1.29, 1.82) is 5.41 Å². The second-order valence-corrected chi connectivity index (χ2v) is 8.67. The fourth-order valence-corrected chi connectivity index (χ4v) is 3.88. The maximum Gasteiger partial charge on any atom is 0.339 e. The normalized spacial score (nSPS) is 12.7. The van der Waals surface area contributed by atoms with Gasteiger partial charge in [-0.2, -0.15) is 0 Å². The van der Waals surface area contributed by atoms with Gasteiger partial charge >= 0.3 is 5.97 Å². The molecule has 0 aliphatic carbocycles. The zero-order valence-electron chi connectivity index (χ0n) is 21.6. The standard InChI is InChI=1S/C29H34N6O3/c1-38-29(37)24(18-30)10-5-9-17-34(19-25-11-2-6-14-31-25)22-28(36)23-35(20-26-12-3-7-15-32-26)21-27-13-4-8-16-33-27/h2-16,18,28,30,36H,17,19-23H2,1H3/b9-5+,24-10+,30-18?. The van der Waals surface area contributed by atoms with Crippen LogP contribution in [0.5, 0.6) is 0 Å². The Balaban J connectivity index is 1.69. The van der Waals surface area contributed by atoms with Crippen LogP contribution in [0.3, 0.4) is 0 Å². The van der Waals surface area contributed by atoms with Crippen molar-refractivity contribution in [3.8, 4) is 0 Å². The third-order valence-electron chi connectivity index (χ3n) is 5.63.